The lowest BCUT2D eigenvalue weighted by Gasteiger charge is -2.20. The van der Waals surface area contributed by atoms with Crippen LogP contribution in [0.3, 0.4) is 0 Å². The second kappa shape index (κ2) is 12.9. The SMILES string of the molecule is COc1cc2c(Nc3cnn(C)c3)nc(-c3cccc(OCC(=O)NC(C)(C)C)c3)nc2cc1Cl.O=C(O)C(F)(F)F. The summed E-state index contributed by atoms with van der Waals surface area (Å²) in [6, 6.07) is 10.8. The monoisotopic (exact) mass is 608 g/mol. The summed E-state index contributed by atoms with van der Waals surface area (Å²) in [7, 11) is 3.40. The van der Waals surface area contributed by atoms with Crippen LogP contribution in [-0.4, -0.2) is 62.2 Å². The van der Waals surface area contributed by atoms with Gasteiger partial charge in [0.05, 0.1) is 29.5 Å². The molecule has 4 aromatic rings. The molecule has 0 fully saturated rings. The number of aryl methyl sites for hydroxylation is 1. The Labute approximate surface area is 243 Å². The highest BCUT2D eigenvalue weighted by molar-refractivity contribution is 6.33. The molecule has 0 atom stereocenters. The fourth-order valence-corrected chi connectivity index (χ4v) is 3.70. The number of alkyl halides is 3. The molecule has 15 heteroatoms. The molecule has 0 radical (unpaired) electrons. The first-order valence-corrected chi connectivity index (χ1v) is 12.6. The number of rotatable bonds is 7. The highest BCUT2D eigenvalue weighted by Gasteiger charge is 2.38. The van der Waals surface area contributed by atoms with Crippen LogP contribution in [0.2, 0.25) is 5.02 Å². The third-order valence-electron chi connectivity index (χ3n) is 5.16. The molecule has 0 saturated carbocycles. The Morgan fingerprint density at radius 3 is 2.38 bits per heavy atom. The molecular weight excluding hydrogens is 581 g/mol. The molecule has 3 N–H and O–H groups in total. The molecule has 4 rings (SSSR count). The van der Waals surface area contributed by atoms with E-state index in [2.05, 4.69) is 15.7 Å². The summed E-state index contributed by atoms with van der Waals surface area (Å²) in [5.74, 6) is -0.860. The minimum Gasteiger partial charge on any atom is -0.495 e. The molecule has 0 aliphatic rings. The number of hydrogen-bond acceptors (Lipinski definition) is 8. The molecule has 11 nitrogen and oxygen atoms in total. The van der Waals surface area contributed by atoms with E-state index < -0.39 is 12.1 Å². The first-order chi connectivity index (χ1) is 19.6. The summed E-state index contributed by atoms with van der Waals surface area (Å²) in [5, 5.41) is 18.7. The van der Waals surface area contributed by atoms with E-state index in [1.165, 1.54) is 0 Å². The van der Waals surface area contributed by atoms with Crippen molar-refractivity contribution in [3.05, 3.63) is 53.8 Å². The number of carbonyl (C=O) groups excluding carboxylic acids is 1. The van der Waals surface area contributed by atoms with Gasteiger partial charge >= 0.3 is 12.1 Å². The molecule has 42 heavy (non-hydrogen) atoms. The predicted octanol–water partition coefficient (Wildman–Crippen LogP) is 5.36. The number of methoxy groups -OCH3 is 1. The summed E-state index contributed by atoms with van der Waals surface area (Å²) >= 11 is 6.38. The number of carboxylic acids is 1. The number of nitrogens with one attached hydrogen (secondary N) is 2. The van der Waals surface area contributed by atoms with Crippen LogP contribution in [0.25, 0.3) is 22.3 Å². The van der Waals surface area contributed by atoms with Crippen LogP contribution < -0.4 is 20.1 Å². The number of anilines is 2. The number of ether oxygens (including phenoxy) is 2. The third-order valence-corrected chi connectivity index (χ3v) is 5.45. The molecule has 0 spiro atoms. The number of benzene rings is 2. The van der Waals surface area contributed by atoms with E-state index in [0.29, 0.717) is 33.7 Å². The summed E-state index contributed by atoms with van der Waals surface area (Å²) in [6.45, 7) is 5.66. The molecule has 2 aromatic carbocycles. The third kappa shape index (κ3) is 8.96. The van der Waals surface area contributed by atoms with Gasteiger partial charge in [0.1, 0.15) is 17.3 Å². The average molecular weight is 609 g/mol. The number of hydrogen-bond donors (Lipinski definition) is 3. The van der Waals surface area contributed by atoms with Gasteiger partial charge in [0.25, 0.3) is 5.91 Å². The van der Waals surface area contributed by atoms with Crippen molar-refractivity contribution in [1.29, 1.82) is 0 Å². The zero-order valence-electron chi connectivity index (χ0n) is 23.2. The smallest absolute Gasteiger partial charge is 0.490 e. The maximum atomic E-state index is 12.1. The fraction of sp³-hybridized carbons (Fsp3) is 0.296. The summed E-state index contributed by atoms with van der Waals surface area (Å²) in [5.41, 5.74) is 1.81. The fourth-order valence-electron chi connectivity index (χ4n) is 3.46. The van der Waals surface area contributed by atoms with Gasteiger partial charge in [0, 0.05) is 29.7 Å². The highest BCUT2D eigenvalue weighted by Crippen LogP contribution is 2.35. The van der Waals surface area contributed by atoms with Crippen LogP contribution in [0, 0.1) is 0 Å². The molecule has 1 amide bonds. The molecule has 2 aromatic heterocycles. The standard InChI is InChI=1S/C25H27ClN6O3.C2HF3O2/c1-25(2,3)31-22(33)14-35-17-8-6-7-15(9-17)23-29-20-11-19(26)21(34-5)10-18(20)24(30-23)28-16-12-27-32(4)13-16;3-2(4,5)1(6)7/h6-13H,14H2,1-5H3,(H,31,33)(H,28,29,30);(H,6,7). The van der Waals surface area contributed by atoms with E-state index in [9.17, 15) is 18.0 Å². The number of halogens is 4. The summed E-state index contributed by atoms with van der Waals surface area (Å²) in [4.78, 5) is 30.5. The number of aliphatic carboxylic acids is 1. The molecule has 224 valence electrons. The lowest BCUT2D eigenvalue weighted by atomic mass is 10.1. The largest absolute Gasteiger partial charge is 0.495 e. The topological polar surface area (TPSA) is 140 Å². The second-order valence-electron chi connectivity index (χ2n) is 9.84. The summed E-state index contributed by atoms with van der Waals surface area (Å²) < 4.78 is 44.5. The van der Waals surface area contributed by atoms with Gasteiger partial charge in [-0.15, -0.1) is 0 Å². The summed E-state index contributed by atoms with van der Waals surface area (Å²) in [6.07, 6.45) is -1.53. The number of fused-ring (bicyclic) bond motifs is 1. The van der Waals surface area contributed by atoms with Crippen molar-refractivity contribution in [2.45, 2.75) is 32.5 Å². The van der Waals surface area contributed by atoms with Crippen LogP contribution in [0.15, 0.2) is 48.8 Å². The van der Waals surface area contributed by atoms with E-state index in [-0.39, 0.29) is 18.1 Å². The van der Waals surface area contributed by atoms with Gasteiger partial charge in [0.15, 0.2) is 12.4 Å². The Morgan fingerprint density at radius 2 is 1.81 bits per heavy atom. The van der Waals surface area contributed by atoms with Crippen LogP contribution in [0.1, 0.15) is 20.8 Å². The Kier molecular flexibility index (Phi) is 9.83. The second-order valence-corrected chi connectivity index (χ2v) is 10.3. The first kappa shape index (κ1) is 31.9. The lowest BCUT2D eigenvalue weighted by molar-refractivity contribution is -0.192. The van der Waals surface area contributed by atoms with Crippen LogP contribution in [0.5, 0.6) is 11.5 Å². The van der Waals surface area contributed by atoms with Gasteiger partial charge in [-0.2, -0.15) is 18.3 Å². The van der Waals surface area contributed by atoms with E-state index in [1.807, 2.05) is 46.1 Å². The van der Waals surface area contributed by atoms with Gasteiger partial charge in [-0.3, -0.25) is 9.48 Å². The van der Waals surface area contributed by atoms with Crippen molar-refractivity contribution in [3.8, 4) is 22.9 Å². The molecule has 0 unspecified atom stereocenters. The number of amides is 1. The molecule has 0 saturated heterocycles. The molecule has 0 bridgehead atoms. The van der Waals surface area contributed by atoms with Gasteiger partial charge in [0.2, 0.25) is 0 Å². The van der Waals surface area contributed by atoms with Crippen LogP contribution in [0.4, 0.5) is 24.7 Å². The van der Waals surface area contributed by atoms with Crippen LogP contribution >= 0.6 is 11.6 Å². The van der Waals surface area contributed by atoms with Crippen molar-refractivity contribution in [3.63, 3.8) is 0 Å². The first-order valence-electron chi connectivity index (χ1n) is 12.2. The Hall–Kier alpha value is -4.59. The quantitative estimate of drug-likeness (QED) is 0.253. The van der Waals surface area contributed by atoms with E-state index >= 15 is 0 Å². The maximum Gasteiger partial charge on any atom is 0.490 e. The highest BCUT2D eigenvalue weighted by atomic mass is 35.5. The van der Waals surface area contributed by atoms with E-state index in [1.54, 1.807) is 42.3 Å². The van der Waals surface area contributed by atoms with Gasteiger partial charge in [-0.05, 0) is 45.0 Å². The Morgan fingerprint density at radius 1 is 1.12 bits per heavy atom. The zero-order valence-corrected chi connectivity index (χ0v) is 24.0. The minimum absolute atomic E-state index is 0.0947. The van der Waals surface area contributed by atoms with Crippen molar-refractivity contribution >= 4 is 45.9 Å². The zero-order chi connectivity index (χ0) is 31.2. The molecule has 2 heterocycles. The Bertz CT molecular complexity index is 1590. The number of carboxylic acid groups (broad SMARTS) is 1. The van der Waals surface area contributed by atoms with Gasteiger partial charge in [-0.25, -0.2) is 14.8 Å². The predicted molar refractivity (Wildman–Crippen MR) is 150 cm³/mol. The van der Waals surface area contributed by atoms with E-state index in [0.717, 1.165) is 16.6 Å². The molecule has 0 aliphatic heterocycles. The van der Waals surface area contributed by atoms with Gasteiger partial charge < -0.3 is 25.2 Å². The normalized spacial score (nSPS) is 11.4. The number of aromatic nitrogens is 4. The Balaban J connectivity index is 0.000000616. The van der Waals surface area contributed by atoms with E-state index in [4.69, 9.17) is 40.9 Å². The minimum atomic E-state index is -5.08. The van der Waals surface area contributed by atoms with Gasteiger partial charge in [-0.1, -0.05) is 23.7 Å². The van der Waals surface area contributed by atoms with Crippen molar-refractivity contribution in [2.24, 2.45) is 7.05 Å². The molecular formula is C27H28ClF3N6O5. The molecule has 0 aliphatic carbocycles. The van der Waals surface area contributed by atoms with Crippen molar-refractivity contribution in [1.82, 2.24) is 25.1 Å². The number of carbonyl (C=O) groups is 2. The van der Waals surface area contributed by atoms with Crippen LogP contribution in [-0.2, 0) is 16.6 Å². The average Bonchev–Trinajstić information content (AvgIpc) is 3.30. The van der Waals surface area contributed by atoms with Crippen molar-refractivity contribution < 1.29 is 37.3 Å². The van der Waals surface area contributed by atoms with Crippen molar-refractivity contribution in [2.75, 3.05) is 19.0 Å². The lowest BCUT2D eigenvalue weighted by Crippen LogP contribution is -2.43. The maximum absolute atomic E-state index is 12.1. The number of nitrogens with zero attached hydrogens (tertiary/aromatic N) is 4.